The molecular formula is C19H18FNO5S. The van der Waals surface area contributed by atoms with Crippen molar-refractivity contribution in [2.45, 2.75) is 19.0 Å². The molecule has 8 heteroatoms. The molecule has 0 unspecified atom stereocenters. The molecule has 2 aromatic rings. The second-order valence-corrected chi connectivity index (χ2v) is 8.24. The molecule has 0 bridgehead atoms. The van der Waals surface area contributed by atoms with E-state index in [1.165, 1.54) is 18.2 Å². The molecule has 0 N–H and O–H groups in total. The van der Waals surface area contributed by atoms with Gasteiger partial charge in [0.1, 0.15) is 11.9 Å². The Morgan fingerprint density at radius 3 is 2.41 bits per heavy atom. The minimum atomic E-state index is -3.67. The van der Waals surface area contributed by atoms with E-state index in [1.807, 2.05) is 6.07 Å². The zero-order chi connectivity index (χ0) is 19.6. The smallest absolute Gasteiger partial charge is 0.325 e. The Labute approximate surface area is 156 Å². The number of rotatable bonds is 5. The number of nitrogens with zero attached hydrogens (tertiary/aromatic N) is 1. The maximum atomic E-state index is 13.7. The Bertz CT molecular complexity index is 989. The van der Waals surface area contributed by atoms with Gasteiger partial charge in [-0.1, -0.05) is 36.4 Å². The van der Waals surface area contributed by atoms with E-state index < -0.39 is 40.2 Å². The molecular weight excluding hydrogens is 373 g/mol. The zero-order valence-electron chi connectivity index (χ0n) is 14.6. The number of halogens is 1. The molecule has 27 heavy (non-hydrogen) atoms. The van der Waals surface area contributed by atoms with Crippen molar-refractivity contribution in [1.82, 2.24) is 4.31 Å². The topological polar surface area (TPSA) is 80.8 Å². The van der Waals surface area contributed by atoms with Gasteiger partial charge in [-0.3, -0.25) is 9.59 Å². The lowest BCUT2D eigenvalue weighted by atomic mass is 9.96. The summed E-state index contributed by atoms with van der Waals surface area (Å²) in [6, 6.07) is 11.5. The molecule has 0 fully saturated rings. The molecule has 0 aromatic heterocycles. The lowest BCUT2D eigenvalue weighted by molar-refractivity contribution is -0.147. The standard InChI is InChI=1S/C19H18FNO5S/c1-27(24,25)21-11-14-7-3-2-6-13(14)10-17(21)19(23)26-12-18(22)15-8-4-5-9-16(15)20/h2-9,17H,10-12H2,1H3/t17-/m1/s1. The van der Waals surface area contributed by atoms with Crippen LogP contribution in [0.2, 0.25) is 0 Å². The van der Waals surface area contributed by atoms with E-state index in [2.05, 4.69) is 0 Å². The van der Waals surface area contributed by atoms with Crippen molar-refractivity contribution in [3.8, 4) is 0 Å². The van der Waals surface area contributed by atoms with E-state index in [9.17, 15) is 22.4 Å². The van der Waals surface area contributed by atoms with Gasteiger partial charge < -0.3 is 4.74 Å². The maximum absolute atomic E-state index is 13.7. The third kappa shape index (κ3) is 4.23. The SMILES string of the molecule is CS(=O)(=O)N1Cc2ccccc2C[C@@H]1C(=O)OCC(=O)c1ccccc1F. The first kappa shape index (κ1) is 19.2. The molecule has 0 radical (unpaired) electrons. The van der Waals surface area contributed by atoms with Gasteiger partial charge in [0, 0.05) is 13.0 Å². The molecule has 6 nitrogen and oxygen atoms in total. The van der Waals surface area contributed by atoms with E-state index in [4.69, 9.17) is 4.74 Å². The average Bonchev–Trinajstić information content (AvgIpc) is 2.64. The number of esters is 1. The average molecular weight is 391 g/mol. The molecule has 0 saturated carbocycles. The van der Waals surface area contributed by atoms with Gasteiger partial charge in [-0.05, 0) is 23.3 Å². The quantitative estimate of drug-likeness (QED) is 0.575. The van der Waals surface area contributed by atoms with Crippen LogP contribution in [0.5, 0.6) is 0 Å². The van der Waals surface area contributed by atoms with Crippen LogP contribution in [-0.4, -0.2) is 43.4 Å². The van der Waals surface area contributed by atoms with Crippen molar-refractivity contribution in [2.75, 3.05) is 12.9 Å². The van der Waals surface area contributed by atoms with Crippen molar-refractivity contribution in [1.29, 1.82) is 0 Å². The van der Waals surface area contributed by atoms with Crippen molar-refractivity contribution < 1.29 is 27.1 Å². The second-order valence-electron chi connectivity index (χ2n) is 6.31. The van der Waals surface area contributed by atoms with Gasteiger partial charge in [0.2, 0.25) is 15.8 Å². The lowest BCUT2D eigenvalue weighted by Crippen LogP contribution is -2.49. The Hall–Kier alpha value is -2.58. The van der Waals surface area contributed by atoms with Crippen LogP contribution in [0.3, 0.4) is 0 Å². The Kier molecular flexibility index (Phi) is 5.38. The van der Waals surface area contributed by atoms with Crippen LogP contribution in [0.4, 0.5) is 4.39 Å². The first-order valence-corrected chi connectivity index (χ1v) is 10.1. The number of carbonyl (C=O) groups is 2. The number of hydrogen-bond donors (Lipinski definition) is 0. The Balaban J connectivity index is 1.76. The fraction of sp³-hybridized carbons (Fsp3) is 0.263. The molecule has 2 aromatic carbocycles. The molecule has 0 amide bonds. The summed E-state index contributed by atoms with van der Waals surface area (Å²) in [5, 5.41) is 0. The number of fused-ring (bicyclic) bond motifs is 1. The van der Waals surface area contributed by atoms with Gasteiger partial charge in [-0.2, -0.15) is 4.31 Å². The van der Waals surface area contributed by atoms with E-state index in [0.717, 1.165) is 27.8 Å². The van der Waals surface area contributed by atoms with Crippen LogP contribution >= 0.6 is 0 Å². The normalized spacial score (nSPS) is 17.2. The number of sulfonamides is 1. The van der Waals surface area contributed by atoms with Gasteiger partial charge >= 0.3 is 5.97 Å². The molecule has 3 rings (SSSR count). The molecule has 0 aliphatic carbocycles. The van der Waals surface area contributed by atoms with Gasteiger partial charge in [0.05, 0.1) is 11.8 Å². The number of hydrogen-bond acceptors (Lipinski definition) is 5. The number of benzene rings is 2. The van der Waals surface area contributed by atoms with Gasteiger partial charge in [0.15, 0.2) is 6.61 Å². The van der Waals surface area contributed by atoms with Gasteiger partial charge in [-0.15, -0.1) is 0 Å². The first-order chi connectivity index (χ1) is 12.8. The summed E-state index contributed by atoms with van der Waals surface area (Å²) in [7, 11) is -3.67. The van der Waals surface area contributed by atoms with Crippen LogP contribution < -0.4 is 0 Å². The first-order valence-electron chi connectivity index (χ1n) is 8.25. The summed E-state index contributed by atoms with van der Waals surface area (Å²) in [4.78, 5) is 24.6. The number of Topliss-reactive ketones (excluding diaryl/α,β-unsaturated/α-hetero) is 1. The highest BCUT2D eigenvalue weighted by atomic mass is 32.2. The zero-order valence-corrected chi connectivity index (χ0v) is 15.4. The van der Waals surface area contributed by atoms with Crippen molar-refractivity contribution in [3.05, 3.63) is 71.0 Å². The highest BCUT2D eigenvalue weighted by Crippen LogP contribution is 2.26. The molecule has 142 valence electrons. The maximum Gasteiger partial charge on any atom is 0.325 e. The van der Waals surface area contributed by atoms with Crippen LogP contribution in [0, 0.1) is 5.82 Å². The van der Waals surface area contributed by atoms with E-state index >= 15 is 0 Å². The summed E-state index contributed by atoms with van der Waals surface area (Å²) in [6.45, 7) is -0.606. The third-order valence-corrected chi connectivity index (χ3v) is 5.66. The minimum Gasteiger partial charge on any atom is -0.456 e. The summed E-state index contributed by atoms with van der Waals surface area (Å²) < 4.78 is 44.0. The van der Waals surface area contributed by atoms with Crippen LogP contribution in [-0.2, 0) is 32.5 Å². The van der Waals surface area contributed by atoms with Crippen LogP contribution in [0.25, 0.3) is 0 Å². The van der Waals surface area contributed by atoms with E-state index in [-0.39, 0.29) is 18.5 Å². The third-order valence-electron chi connectivity index (χ3n) is 4.42. The number of ether oxygens (including phenoxy) is 1. The molecule has 1 aliphatic heterocycles. The predicted octanol–water partition coefficient (Wildman–Crippen LogP) is 1.94. The minimum absolute atomic E-state index is 0.0516. The summed E-state index contributed by atoms with van der Waals surface area (Å²) in [5.41, 5.74) is 1.48. The number of carbonyl (C=O) groups excluding carboxylic acids is 2. The fourth-order valence-corrected chi connectivity index (χ4v) is 4.04. The molecule has 1 heterocycles. The summed E-state index contributed by atoms with van der Waals surface area (Å²) in [6.07, 6.45) is 1.17. The van der Waals surface area contributed by atoms with Crippen LogP contribution in [0.1, 0.15) is 21.5 Å². The van der Waals surface area contributed by atoms with Crippen molar-refractivity contribution in [2.24, 2.45) is 0 Å². The summed E-state index contributed by atoms with van der Waals surface area (Å²) >= 11 is 0. The van der Waals surface area contributed by atoms with Gasteiger partial charge in [-0.25, -0.2) is 12.8 Å². The lowest BCUT2D eigenvalue weighted by Gasteiger charge is -2.33. The van der Waals surface area contributed by atoms with E-state index in [0.29, 0.717) is 0 Å². The van der Waals surface area contributed by atoms with Crippen LogP contribution in [0.15, 0.2) is 48.5 Å². The molecule has 1 aliphatic rings. The highest BCUT2D eigenvalue weighted by molar-refractivity contribution is 7.88. The van der Waals surface area contributed by atoms with Gasteiger partial charge in [0.25, 0.3) is 0 Å². The van der Waals surface area contributed by atoms with E-state index in [1.54, 1.807) is 18.2 Å². The summed E-state index contributed by atoms with van der Waals surface area (Å²) in [5.74, 6) is -2.23. The molecule has 0 saturated heterocycles. The Morgan fingerprint density at radius 1 is 1.11 bits per heavy atom. The number of ketones is 1. The molecule has 0 spiro atoms. The second kappa shape index (κ2) is 7.58. The predicted molar refractivity (Wildman–Crippen MR) is 96.0 cm³/mol. The monoisotopic (exact) mass is 391 g/mol. The van der Waals surface area contributed by atoms with Crippen molar-refractivity contribution in [3.63, 3.8) is 0 Å². The largest absolute Gasteiger partial charge is 0.456 e. The molecule has 1 atom stereocenters. The fourth-order valence-electron chi connectivity index (χ4n) is 3.05. The highest BCUT2D eigenvalue weighted by Gasteiger charge is 2.38. The van der Waals surface area contributed by atoms with Crippen molar-refractivity contribution >= 4 is 21.8 Å². The Morgan fingerprint density at radius 2 is 1.74 bits per heavy atom.